The molecule has 6 heteroatoms. The highest BCUT2D eigenvalue weighted by Gasteiger charge is 2.19. The van der Waals surface area contributed by atoms with Crippen molar-refractivity contribution in [3.05, 3.63) is 12.2 Å². The molecule has 0 amide bonds. The zero-order valence-electron chi connectivity index (χ0n) is 43.3. The first kappa shape index (κ1) is 62.1. The quantitative estimate of drug-likeness (QED) is 0.0262. The van der Waals surface area contributed by atoms with Crippen molar-refractivity contribution in [1.29, 1.82) is 0 Å². The van der Waals surface area contributed by atoms with Gasteiger partial charge in [-0.2, -0.15) is 0 Å². The first-order chi connectivity index (χ1) is 31.5. The topological polar surface area (TPSA) is 78.9 Å². The summed E-state index contributed by atoms with van der Waals surface area (Å²) in [5.74, 6) is -0.858. The van der Waals surface area contributed by atoms with E-state index in [1.165, 1.54) is 218 Å². The van der Waals surface area contributed by atoms with Gasteiger partial charge in [-0.3, -0.25) is 14.4 Å². The molecule has 0 saturated heterocycles. The van der Waals surface area contributed by atoms with Crippen LogP contribution in [0.15, 0.2) is 12.2 Å². The van der Waals surface area contributed by atoms with Gasteiger partial charge >= 0.3 is 17.9 Å². The van der Waals surface area contributed by atoms with Crippen molar-refractivity contribution in [2.45, 2.75) is 329 Å². The van der Waals surface area contributed by atoms with Crippen LogP contribution in [0.3, 0.4) is 0 Å². The fourth-order valence-electron chi connectivity index (χ4n) is 8.68. The summed E-state index contributed by atoms with van der Waals surface area (Å²) in [5.41, 5.74) is 0. The number of carbonyl (C=O) groups excluding carboxylic acids is 3. The highest BCUT2D eigenvalue weighted by molar-refractivity contribution is 5.71. The molecule has 0 aromatic rings. The lowest BCUT2D eigenvalue weighted by Crippen LogP contribution is -2.30. The van der Waals surface area contributed by atoms with Gasteiger partial charge in [-0.05, 0) is 44.9 Å². The van der Waals surface area contributed by atoms with E-state index in [-0.39, 0.29) is 31.1 Å². The Morgan fingerprint density at radius 3 is 0.781 bits per heavy atom. The molecule has 0 aliphatic heterocycles. The lowest BCUT2D eigenvalue weighted by molar-refractivity contribution is -0.167. The van der Waals surface area contributed by atoms with Crippen LogP contribution in [0.5, 0.6) is 0 Å². The second-order valence-electron chi connectivity index (χ2n) is 19.6. The number of unbranched alkanes of at least 4 members (excludes halogenated alkanes) is 40. The molecule has 0 N–H and O–H groups in total. The normalized spacial score (nSPS) is 12.0. The fraction of sp³-hybridized carbons (Fsp3) is 0.914. The summed E-state index contributed by atoms with van der Waals surface area (Å²) in [4.78, 5) is 38.0. The van der Waals surface area contributed by atoms with Crippen molar-refractivity contribution in [3.63, 3.8) is 0 Å². The maximum Gasteiger partial charge on any atom is 0.306 e. The van der Waals surface area contributed by atoms with E-state index in [2.05, 4.69) is 32.9 Å². The molecule has 0 aromatic carbocycles. The number of rotatable bonds is 53. The van der Waals surface area contributed by atoms with Crippen molar-refractivity contribution < 1.29 is 28.6 Å². The van der Waals surface area contributed by atoms with Gasteiger partial charge in [0, 0.05) is 19.3 Å². The Bertz CT molecular complexity index is 993. The number of esters is 3. The SMILES string of the molecule is CCCCCCCCC/C=C\CCCCCCCC(=O)OC(COC(=O)CCCCCCCCCCC)COC(=O)CCCCCCCCCCCCCCCCCCCCCCC. The third-order valence-corrected chi connectivity index (χ3v) is 13.0. The van der Waals surface area contributed by atoms with Crippen molar-refractivity contribution in [1.82, 2.24) is 0 Å². The van der Waals surface area contributed by atoms with Crippen LogP contribution < -0.4 is 0 Å². The molecule has 0 heterocycles. The van der Waals surface area contributed by atoms with Crippen molar-refractivity contribution in [2.75, 3.05) is 13.2 Å². The molecule has 0 aromatic heterocycles. The standard InChI is InChI=1S/C58H110O6/c1-4-7-10-13-16-19-21-23-25-27-28-29-30-31-33-34-36-39-42-45-48-51-57(60)63-54-55(53-62-56(59)50-47-44-41-38-18-15-12-9-6-3)64-58(61)52-49-46-43-40-37-35-32-26-24-22-20-17-14-11-8-5-2/h26,32,55H,4-25,27-31,33-54H2,1-3H3/b32-26-. The Labute approximate surface area is 399 Å². The summed E-state index contributed by atoms with van der Waals surface area (Å²) in [7, 11) is 0. The van der Waals surface area contributed by atoms with Gasteiger partial charge in [0.05, 0.1) is 0 Å². The van der Waals surface area contributed by atoms with Crippen LogP contribution >= 0.6 is 0 Å². The van der Waals surface area contributed by atoms with Crippen molar-refractivity contribution in [2.24, 2.45) is 0 Å². The lowest BCUT2D eigenvalue weighted by atomic mass is 10.0. The molecular weight excluding hydrogens is 793 g/mol. The molecule has 0 bridgehead atoms. The van der Waals surface area contributed by atoms with E-state index in [1.807, 2.05) is 0 Å². The predicted octanol–water partition coefficient (Wildman–Crippen LogP) is 18.9. The summed E-state index contributed by atoms with van der Waals surface area (Å²) in [6.45, 7) is 6.66. The molecule has 0 rings (SSSR count). The first-order valence-electron chi connectivity index (χ1n) is 28.7. The average molecular weight is 904 g/mol. The molecule has 0 aliphatic carbocycles. The fourth-order valence-corrected chi connectivity index (χ4v) is 8.68. The van der Waals surface area contributed by atoms with Crippen LogP contribution in [0.4, 0.5) is 0 Å². The molecule has 64 heavy (non-hydrogen) atoms. The van der Waals surface area contributed by atoms with Crippen LogP contribution in [-0.2, 0) is 28.6 Å². The minimum atomic E-state index is -0.768. The van der Waals surface area contributed by atoms with Crippen LogP contribution in [-0.4, -0.2) is 37.2 Å². The number of hydrogen-bond donors (Lipinski definition) is 0. The van der Waals surface area contributed by atoms with Gasteiger partial charge in [0.25, 0.3) is 0 Å². The Morgan fingerprint density at radius 2 is 0.516 bits per heavy atom. The maximum atomic E-state index is 12.8. The predicted molar refractivity (Wildman–Crippen MR) is 275 cm³/mol. The summed E-state index contributed by atoms with van der Waals surface area (Å²) < 4.78 is 16.8. The minimum Gasteiger partial charge on any atom is -0.462 e. The van der Waals surface area contributed by atoms with Gasteiger partial charge in [0.15, 0.2) is 6.10 Å². The minimum absolute atomic E-state index is 0.0678. The van der Waals surface area contributed by atoms with Crippen LogP contribution in [0.1, 0.15) is 323 Å². The number of allylic oxidation sites excluding steroid dienone is 2. The lowest BCUT2D eigenvalue weighted by Gasteiger charge is -2.18. The maximum absolute atomic E-state index is 12.8. The highest BCUT2D eigenvalue weighted by atomic mass is 16.6. The first-order valence-corrected chi connectivity index (χ1v) is 28.7. The molecule has 0 saturated carbocycles. The largest absolute Gasteiger partial charge is 0.462 e. The Morgan fingerprint density at radius 1 is 0.297 bits per heavy atom. The molecule has 1 atom stereocenters. The van der Waals surface area contributed by atoms with Gasteiger partial charge < -0.3 is 14.2 Å². The molecule has 0 spiro atoms. The summed E-state index contributed by atoms with van der Waals surface area (Å²) in [6, 6.07) is 0. The van der Waals surface area contributed by atoms with Gasteiger partial charge in [-0.25, -0.2) is 0 Å². The van der Waals surface area contributed by atoms with Crippen LogP contribution in [0.2, 0.25) is 0 Å². The third kappa shape index (κ3) is 51.1. The molecule has 6 nitrogen and oxygen atoms in total. The summed E-state index contributed by atoms with van der Waals surface area (Å²) in [6.07, 6.45) is 60.7. The van der Waals surface area contributed by atoms with Gasteiger partial charge in [-0.15, -0.1) is 0 Å². The van der Waals surface area contributed by atoms with E-state index < -0.39 is 6.10 Å². The Hall–Kier alpha value is -1.85. The number of hydrogen-bond acceptors (Lipinski definition) is 6. The smallest absolute Gasteiger partial charge is 0.306 e. The van der Waals surface area contributed by atoms with E-state index in [9.17, 15) is 14.4 Å². The van der Waals surface area contributed by atoms with Crippen LogP contribution in [0, 0.1) is 0 Å². The monoisotopic (exact) mass is 903 g/mol. The summed E-state index contributed by atoms with van der Waals surface area (Å²) in [5, 5.41) is 0. The van der Waals surface area contributed by atoms with E-state index in [4.69, 9.17) is 14.2 Å². The molecule has 378 valence electrons. The highest BCUT2D eigenvalue weighted by Crippen LogP contribution is 2.17. The van der Waals surface area contributed by atoms with E-state index in [1.54, 1.807) is 0 Å². The average Bonchev–Trinajstić information content (AvgIpc) is 3.29. The van der Waals surface area contributed by atoms with E-state index >= 15 is 0 Å². The zero-order valence-corrected chi connectivity index (χ0v) is 43.3. The second kappa shape index (κ2) is 53.8. The number of ether oxygens (including phenoxy) is 3. The molecule has 0 aliphatic rings. The van der Waals surface area contributed by atoms with Crippen molar-refractivity contribution >= 4 is 17.9 Å². The molecular formula is C58H110O6. The van der Waals surface area contributed by atoms with Crippen molar-refractivity contribution in [3.8, 4) is 0 Å². The molecule has 1 unspecified atom stereocenters. The summed E-state index contributed by atoms with van der Waals surface area (Å²) >= 11 is 0. The second-order valence-corrected chi connectivity index (χ2v) is 19.6. The van der Waals surface area contributed by atoms with Gasteiger partial charge in [0.2, 0.25) is 0 Å². The zero-order chi connectivity index (χ0) is 46.5. The van der Waals surface area contributed by atoms with Gasteiger partial charge in [-0.1, -0.05) is 270 Å². The number of carbonyl (C=O) groups is 3. The molecule has 0 radical (unpaired) electrons. The Balaban J connectivity index is 4.20. The van der Waals surface area contributed by atoms with Gasteiger partial charge in [0.1, 0.15) is 13.2 Å². The van der Waals surface area contributed by atoms with Crippen LogP contribution in [0.25, 0.3) is 0 Å². The third-order valence-electron chi connectivity index (χ3n) is 13.0. The Kier molecular flexibility index (Phi) is 52.2. The van der Waals surface area contributed by atoms with E-state index in [0.717, 1.165) is 64.2 Å². The van der Waals surface area contributed by atoms with E-state index in [0.29, 0.717) is 19.3 Å². The molecule has 0 fully saturated rings.